The molecule has 0 fully saturated rings. The van der Waals surface area contributed by atoms with Gasteiger partial charge in [-0.15, -0.1) is 10.2 Å². The molecule has 0 radical (unpaired) electrons. The second-order valence-corrected chi connectivity index (χ2v) is 6.78. The Kier molecular flexibility index (Phi) is 4.40. The zero-order chi connectivity index (χ0) is 18.0. The minimum Gasteiger partial charge on any atom is -0.465 e. The van der Waals surface area contributed by atoms with Crippen LogP contribution in [0.5, 0.6) is 0 Å². The van der Waals surface area contributed by atoms with Crippen molar-refractivity contribution >= 4 is 5.97 Å². The molecule has 0 saturated heterocycles. The maximum Gasteiger partial charge on any atom is 0.338 e. The number of hydrogen-bond donors (Lipinski definition) is 0. The normalized spacial score (nSPS) is 11.4. The van der Waals surface area contributed by atoms with Gasteiger partial charge in [-0.2, -0.15) is 0 Å². The van der Waals surface area contributed by atoms with Crippen molar-refractivity contribution < 1.29 is 13.9 Å². The highest BCUT2D eigenvalue weighted by Gasteiger charge is 2.19. The number of benzene rings is 2. The minimum atomic E-state index is -0.440. The van der Waals surface area contributed by atoms with Gasteiger partial charge in [0.05, 0.1) is 18.2 Å². The molecule has 5 nitrogen and oxygen atoms in total. The van der Waals surface area contributed by atoms with Crippen LogP contribution in [0.4, 0.5) is 0 Å². The van der Waals surface area contributed by atoms with Gasteiger partial charge in [0.1, 0.15) is 0 Å². The van der Waals surface area contributed by atoms with E-state index in [0.29, 0.717) is 17.0 Å². The molecule has 5 heteroatoms. The third kappa shape index (κ3) is 3.45. The molecule has 2 aromatic carbocycles. The molecule has 0 unspecified atom stereocenters. The molecule has 3 rings (SSSR count). The van der Waals surface area contributed by atoms with Crippen molar-refractivity contribution in [3.8, 4) is 22.9 Å². The summed E-state index contributed by atoms with van der Waals surface area (Å²) in [5.74, 6) is 0.260. The average Bonchev–Trinajstić information content (AvgIpc) is 3.10. The molecule has 0 aliphatic carbocycles. The summed E-state index contributed by atoms with van der Waals surface area (Å²) < 4.78 is 10.6. The maximum atomic E-state index is 11.9. The Morgan fingerprint density at radius 1 is 0.960 bits per heavy atom. The minimum absolute atomic E-state index is 0.0813. The van der Waals surface area contributed by atoms with Gasteiger partial charge in [-0.1, -0.05) is 45.0 Å². The molecule has 1 heterocycles. The molecule has 0 bridgehead atoms. The molecule has 0 aliphatic heterocycles. The van der Waals surface area contributed by atoms with Crippen molar-refractivity contribution in [1.82, 2.24) is 10.2 Å². The number of rotatable bonds is 3. The Morgan fingerprint density at radius 3 is 2.24 bits per heavy atom. The lowest BCUT2D eigenvalue weighted by Gasteiger charge is -2.18. The highest BCUT2D eigenvalue weighted by molar-refractivity contribution is 5.96. The predicted molar refractivity (Wildman–Crippen MR) is 95.2 cm³/mol. The lowest BCUT2D eigenvalue weighted by Crippen LogP contribution is -2.10. The maximum absolute atomic E-state index is 11.9. The second kappa shape index (κ2) is 6.51. The fraction of sp³-hybridized carbons (Fsp3) is 0.250. The number of ether oxygens (including phenoxy) is 1. The highest BCUT2D eigenvalue weighted by atomic mass is 16.5. The fourth-order valence-corrected chi connectivity index (χ4v) is 2.52. The lowest BCUT2D eigenvalue weighted by molar-refractivity contribution is 0.0601. The van der Waals surface area contributed by atoms with Gasteiger partial charge < -0.3 is 9.15 Å². The smallest absolute Gasteiger partial charge is 0.338 e. The molecule has 0 amide bonds. The van der Waals surface area contributed by atoms with E-state index in [0.717, 1.165) is 5.56 Å². The summed E-state index contributed by atoms with van der Waals surface area (Å²) in [5.41, 5.74) is 3.09. The molecular formula is C20H20N2O3. The molecule has 0 aliphatic rings. The molecule has 1 aromatic heterocycles. The third-order valence-corrected chi connectivity index (χ3v) is 3.99. The zero-order valence-corrected chi connectivity index (χ0v) is 14.7. The third-order valence-electron chi connectivity index (χ3n) is 3.99. The van der Waals surface area contributed by atoms with Crippen LogP contribution in [0.25, 0.3) is 22.9 Å². The molecular weight excluding hydrogens is 316 g/mol. The number of carbonyl (C=O) groups is 1. The van der Waals surface area contributed by atoms with E-state index < -0.39 is 5.97 Å². The van der Waals surface area contributed by atoms with Gasteiger partial charge in [-0.3, -0.25) is 0 Å². The van der Waals surface area contributed by atoms with Crippen molar-refractivity contribution in [2.24, 2.45) is 0 Å². The van der Waals surface area contributed by atoms with Crippen LogP contribution in [-0.2, 0) is 10.2 Å². The molecule has 0 N–H and O–H groups in total. The van der Waals surface area contributed by atoms with Gasteiger partial charge in [-0.05, 0) is 35.2 Å². The monoisotopic (exact) mass is 336 g/mol. The summed E-state index contributed by atoms with van der Waals surface area (Å²) in [5, 5.41) is 8.20. The summed E-state index contributed by atoms with van der Waals surface area (Å²) in [6.45, 7) is 6.49. The SMILES string of the molecule is COC(=O)c1ccccc1-c1nnc(-c2ccc(C(C)(C)C)cc2)o1. The first kappa shape index (κ1) is 16.9. The van der Waals surface area contributed by atoms with Crippen LogP contribution in [0, 0.1) is 0 Å². The van der Waals surface area contributed by atoms with Gasteiger partial charge in [0.25, 0.3) is 0 Å². The van der Waals surface area contributed by atoms with Crippen molar-refractivity contribution in [3.05, 3.63) is 59.7 Å². The van der Waals surface area contributed by atoms with E-state index in [4.69, 9.17) is 9.15 Å². The predicted octanol–water partition coefficient (Wildman–Crippen LogP) is 4.49. The van der Waals surface area contributed by atoms with Crippen LogP contribution < -0.4 is 0 Å². The molecule has 128 valence electrons. The number of nitrogens with zero attached hydrogens (tertiary/aromatic N) is 2. The fourth-order valence-electron chi connectivity index (χ4n) is 2.52. The number of hydrogen-bond acceptors (Lipinski definition) is 5. The summed E-state index contributed by atoms with van der Waals surface area (Å²) >= 11 is 0. The summed E-state index contributed by atoms with van der Waals surface area (Å²) in [7, 11) is 1.34. The van der Waals surface area contributed by atoms with Crippen LogP contribution in [0.1, 0.15) is 36.7 Å². The standard InChI is InChI=1S/C20H20N2O3/c1-20(2,3)14-11-9-13(10-12-14)17-21-22-18(25-17)15-7-5-6-8-16(15)19(23)24-4/h5-12H,1-4H3. The first-order chi connectivity index (χ1) is 11.9. The topological polar surface area (TPSA) is 65.2 Å². The van der Waals surface area contributed by atoms with Crippen molar-refractivity contribution in [2.75, 3.05) is 7.11 Å². The van der Waals surface area contributed by atoms with Crippen molar-refractivity contribution in [2.45, 2.75) is 26.2 Å². The molecule has 25 heavy (non-hydrogen) atoms. The van der Waals surface area contributed by atoms with Gasteiger partial charge in [0.15, 0.2) is 0 Å². The first-order valence-electron chi connectivity index (χ1n) is 8.02. The Hall–Kier alpha value is -2.95. The van der Waals surface area contributed by atoms with Gasteiger partial charge in [-0.25, -0.2) is 4.79 Å². The van der Waals surface area contributed by atoms with E-state index in [1.165, 1.54) is 12.7 Å². The number of methoxy groups -OCH3 is 1. The van der Waals surface area contributed by atoms with Crippen molar-refractivity contribution in [1.29, 1.82) is 0 Å². The first-order valence-corrected chi connectivity index (χ1v) is 8.02. The highest BCUT2D eigenvalue weighted by Crippen LogP contribution is 2.29. The largest absolute Gasteiger partial charge is 0.465 e. The lowest BCUT2D eigenvalue weighted by atomic mass is 9.87. The van der Waals surface area contributed by atoms with E-state index in [1.54, 1.807) is 18.2 Å². The Bertz CT molecular complexity index is 890. The van der Waals surface area contributed by atoms with E-state index in [2.05, 4.69) is 43.1 Å². The molecule has 3 aromatic rings. The molecule has 0 spiro atoms. The van der Waals surface area contributed by atoms with Gasteiger partial charge >= 0.3 is 5.97 Å². The zero-order valence-electron chi connectivity index (χ0n) is 14.7. The van der Waals surface area contributed by atoms with Crippen LogP contribution in [0.2, 0.25) is 0 Å². The number of carbonyl (C=O) groups excluding carboxylic acids is 1. The van der Waals surface area contributed by atoms with Crippen LogP contribution in [-0.4, -0.2) is 23.3 Å². The van der Waals surface area contributed by atoms with E-state index >= 15 is 0 Å². The second-order valence-electron chi connectivity index (χ2n) is 6.78. The van der Waals surface area contributed by atoms with E-state index in [1.807, 2.05) is 18.2 Å². The Balaban J connectivity index is 1.95. The van der Waals surface area contributed by atoms with Crippen molar-refractivity contribution in [3.63, 3.8) is 0 Å². The van der Waals surface area contributed by atoms with Gasteiger partial charge in [0, 0.05) is 5.56 Å². The van der Waals surface area contributed by atoms with Crippen LogP contribution in [0.15, 0.2) is 52.9 Å². The number of aromatic nitrogens is 2. The van der Waals surface area contributed by atoms with Gasteiger partial charge in [0.2, 0.25) is 11.8 Å². The van der Waals surface area contributed by atoms with Crippen LogP contribution in [0.3, 0.4) is 0 Å². The van der Waals surface area contributed by atoms with Crippen LogP contribution >= 0.6 is 0 Å². The molecule has 0 saturated carbocycles. The summed E-state index contributed by atoms with van der Waals surface area (Å²) in [4.78, 5) is 11.9. The summed E-state index contributed by atoms with van der Waals surface area (Å²) in [6, 6.07) is 15.0. The quantitative estimate of drug-likeness (QED) is 0.659. The molecule has 0 atom stereocenters. The summed E-state index contributed by atoms with van der Waals surface area (Å²) in [6.07, 6.45) is 0. The number of esters is 1. The Morgan fingerprint density at radius 2 is 1.60 bits per heavy atom. The van der Waals surface area contributed by atoms with E-state index in [-0.39, 0.29) is 11.3 Å². The van der Waals surface area contributed by atoms with E-state index in [9.17, 15) is 4.79 Å². The Labute approximate surface area is 146 Å². The average molecular weight is 336 g/mol.